The quantitative estimate of drug-likeness (QED) is 0.321. The Labute approximate surface area is 257 Å². The number of fused-ring (bicyclic) bond motifs is 5. The normalized spacial score (nSPS) is 28.0. The van der Waals surface area contributed by atoms with Crippen molar-refractivity contribution in [2.45, 2.75) is 56.5 Å². The molecule has 6 heterocycles. The Morgan fingerprint density at radius 1 is 1.16 bits per heavy atom. The monoisotopic (exact) mass is 621 g/mol. The zero-order valence-corrected chi connectivity index (χ0v) is 24.8. The first-order valence-corrected chi connectivity index (χ1v) is 15.6. The van der Waals surface area contributed by atoms with Crippen molar-refractivity contribution in [3.05, 3.63) is 47.7 Å². The molecule has 3 unspecified atom stereocenters. The number of nitrogens with zero attached hydrogens (tertiary/aromatic N) is 5. The average molecular weight is 622 g/mol. The molecule has 2 N–H and O–H groups in total. The van der Waals surface area contributed by atoms with Crippen molar-refractivity contribution in [1.29, 1.82) is 0 Å². The van der Waals surface area contributed by atoms with Crippen molar-refractivity contribution in [2.75, 3.05) is 44.3 Å². The maximum Gasteiger partial charge on any atom is 0.319 e. The number of rotatable bonds is 6. The highest BCUT2D eigenvalue weighted by Gasteiger charge is 2.49. The van der Waals surface area contributed by atoms with Crippen molar-refractivity contribution in [3.8, 4) is 23.0 Å². The third-order valence-corrected chi connectivity index (χ3v) is 10.2. The van der Waals surface area contributed by atoms with Crippen LogP contribution in [0.15, 0.2) is 30.5 Å². The van der Waals surface area contributed by atoms with E-state index in [1.165, 1.54) is 24.4 Å². The Kier molecular flexibility index (Phi) is 6.81. The van der Waals surface area contributed by atoms with E-state index >= 15 is 4.39 Å². The Hall–Kier alpha value is -3.74. The molecule has 4 saturated heterocycles. The summed E-state index contributed by atoms with van der Waals surface area (Å²) in [5.41, 5.74) is 0.0515. The summed E-state index contributed by atoms with van der Waals surface area (Å²) in [5.74, 6) is -1.03. The molecule has 2 aromatic carbocycles. The molecule has 4 fully saturated rings. The third-order valence-electron chi connectivity index (χ3n) is 10.2. The summed E-state index contributed by atoms with van der Waals surface area (Å²) in [6.07, 6.45) is 2.00. The second kappa shape index (κ2) is 10.7. The molecule has 12 heteroatoms. The van der Waals surface area contributed by atoms with Crippen molar-refractivity contribution in [2.24, 2.45) is 5.92 Å². The SMILES string of the molecule is CCc1c(F)ccc2cc(O)cc(-c3ncc4c(N5CC6COC(C5)C6O)nc(OC[C@@]56CCCN5C[C@H](F)C6)nc4c3F)c12. The molecule has 45 heavy (non-hydrogen) atoms. The van der Waals surface area contributed by atoms with E-state index in [1.807, 2.05) is 11.8 Å². The number of hydrogen-bond donors (Lipinski definition) is 2. The molecule has 5 atom stereocenters. The third kappa shape index (κ3) is 4.59. The van der Waals surface area contributed by atoms with Crippen molar-refractivity contribution in [3.63, 3.8) is 0 Å². The first-order valence-electron chi connectivity index (χ1n) is 15.6. The van der Waals surface area contributed by atoms with Gasteiger partial charge < -0.3 is 24.6 Å². The van der Waals surface area contributed by atoms with Crippen LogP contribution in [0.25, 0.3) is 32.9 Å². The summed E-state index contributed by atoms with van der Waals surface area (Å²) in [6, 6.07) is 5.75. The summed E-state index contributed by atoms with van der Waals surface area (Å²) in [4.78, 5) is 17.8. The van der Waals surface area contributed by atoms with E-state index < -0.39 is 35.6 Å². The molecule has 9 nitrogen and oxygen atoms in total. The number of ether oxygens (including phenoxy) is 2. The van der Waals surface area contributed by atoms with Gasteiger partial charge in [0.2, 0.25) is 0 Å². The summed E-state index contributed by atoms with van der Waals surface area (Å²) >= 11 is 0. The lowest BCUT2D eigenvalue weighted by atomic mass is 9.94. The number of halogens is 3. The minimum Gasteiger partial charge on any atom is -0.508 e. The number of hydrogen-bond acceptors (Lipinski definition) is 9. The van der Waals surface area contributed by atoms with E-state index in [9.17, 15) is 19.0 Å². The van der Waals surface area contributed by atoms with Crippen LogP contribution >= 0.6 is 0 Å². The maximum atomic E-state index is 16.8. The van der Waals surface area contributed by atoms with Crippen molar-refractivity contribution < 1.29 is 32.9 Å². The van der Waals surface area contributed by atoms with Crippen LogP contribution < -0.4 is 9.64 Å². The minimum absolute atomic E-state index is 0.0408. The van der Waals surface area contributed by atoms with Crippen LogP contribution in [-0.2, 0) is 11.2 Å². The predicted octanol–water partition coefficient (Wildman–Crippen LogP) is 4.54. The van der Waals surface area contributed by atoms with Crippen molar-refractivity contribution in [1.82, 2.24) is 19.9 Å². The molecule has 8 rings (SSSR count). The number of piperidine rings is 1. The first-order chi connectivity index (χ1) is 21.7. The molecule has 236 valence electrons. The molecule has 0 amide bonds. The number of benzene rings is 2. The largest absolute Gasteiger partial charge is 0.508 e. The average Bonchev–Trinajstić information content (AvgIpc) is 3.60. The molecule has 4 aliphatic heterocycles. The van der Waals surface area contributed by atoms with Crippen molar-refractivity contribution >= 4 is 27.5 Å². The van der Waals surface area contributed by atoms with Gasteiger partial charge in [0.15, 0.2) is 5.82 Å². The van der Waals surface area contributed by atoms with Gasteiger partial charge in [0.25, 0.3) is 0 Å². The fourth-order valence-corrected chi connectivity index (χ4v) is 8.01. The number of anilines is 1. The Morgan fingerprint density at radius 3 is 2.84 bits per heavy atom. The number of aliphatic hydroxyl groups excluding tert-OH is 1. The van der Waals surface area contributed by atoms with Gasteiger partial charge in [-0.1, -0.05) is 13.0 Å². The van der Waals surface area contributed by atoms with Gasteiger partial charge in [-0.3, -0.25) is 9.88 Å². The Bertz CT molecular complexity index is 1810. The van der Waals surface area contributed by atoms with Crippen LogP contribution in [0.3, 0.4) is 0 Å². The number of alkyl halides is 1. The highest BCUT2D eigenvalue weighted by Crippen LogP contribution is 2.42. The Morgan fingerprint density at radius 2 is 2.02 bits per heavy atom. The number of aryl methyl sites for hydroxylation is 1. The standard InChI is InChI=1S/C33H34F3N5O4/c1-2-21-24(35)5-4-17-8-20(42)9-22(26(17)21)28-27(36)29-23(11-37-28)31(40-12-18-15-44-25(14-40)30(18)43)39-32(38-29)45-16-33-6-3-7-41(33)13-19(34)10-33/h4-5,8-9,11,18-19,25,30,42-43H,2-3,6-7,10,12-16H2,1H3/t18?,19-,25?,30?,33+/m1/s1. The number of pyridine rings is 1. The first kappa shape index (κ1) is 28.7. The molecule has 0 saturated carbocycles. The summed E-state index contributed by atoms with van der Waals surface area (Å²) in [7, 11) is 0. The molecule has 0 spiro atoms. The van der Waals surface area contributed by atoms with Crippen LogP contribution in [0.5, 0.6) is 11.8 Å². The van der Waals surface area contributed by atoms with Gasteiger partial charge in [-0.05, 0) is 60.3 Å². The van der Waals surface area contributed by atoms with Crippen LogP contribution in [0, 0.1) is 17.6 Å². The fourth-order valence-electron chi connectivity index (χ4n) is 8.01. The zero-order chi connectivity index (χ0) is 31.0. The zero-order valence-electron chi connectivity index (χ0n) is 24.8. The lowest BCUT2D eigenvalue weighted by molar-refractivity contribution is 0.0362. The number of aromatic nitrogens is 3. The van der Waals surface area contributed by atoms with Gasteiger partial charge in [-0.25, -0.2) is 13.2 Å². The maximum absolute atomic E-state index is 16.8. The summed E-state index contributed by atoms with van der Waals surface area (Å²) in [6.45, 7) is 4.34. The van der Waals surface area contributed by atoms with E-state index in [0.29, 0.717) is 66.6 Å². The molecule has 4 aromatic rings. The number of phenolic OH excluding ortho intramolecular Hbond substituents is 1. The summed E-state index contributed by atoms with van der Waals surface area (Å²) in [5, 5.41) is 22.5. The Balaban J connectivity index is 1.27. The van der Waals surface area contributed by atoms with E-state index in [-0.39, 0.29) is 41.1 Å². The van der Waals surface area contributed by atoms with Gasteiger partial charge in [0.05, 0.1) is 23.6 Å². The van der Waals surface area contributed by atoms with E-state index in [1.54, 1.807) is 6.07 Å². The molecule has 4 aliphatic rings. The van der Waals surface area contributed by atoms with E-state index in [2.05, 4.69) is 14.9 Å². The minimum atomic E-state index is -0.932. The highest BCUT2D eigenvalue weighted by atomic mass is 19.1. The fraction of sp³-hybridized carbons (Fsp3) is 0.485. The van der Waals surface area contributed by atoms with Gasteiger partial charge in [-0.2, -0.15) is 9.97 Å². The molecule has 2 bridgehead atoms. The smallest absolute Gasteiger partial charge is 0.319 e. The van der Waals surface area contributed by atoms with Gasteiger partial charge in [0.1, 0.15) is 47.5 Å². The second-order valence-corrected chi connectivity index (χ2v) is 12.9. The topological polar surface area (TPSA) is 104 Å². The number of phenols is 1. The molecule has 0 aliphatic carbocycles. The van der Waals surface area contributed by atoms with Crippen LogP contribution in [0.2, 0.25) is 0 Å². The lowest BCUT2D eigenvalue weighted by Gasteiger charge is -2.35. The predicted molar refractivity (Wildman–Crippen MR) is 161 cm³/mol. The molecular weight excluding hydrogens is 587 g/mol. The molecule has 0 radical (unpaired) electrons. The highest BCUT2D eigenvalue weighted by molar-refractivity contribution is 6.01. The lowest BCUT2D eigenvalue weighted by Crippen LogP contribution is -2.48. The van der Waals surface area contributed by atoms with E-state index in [0.717, 1.165) is 19.4 Å². The van der Waals surface area contributed by atoms with Crippen LogP contribution in [0.4, 0.5) is 19.0 Å². The second-order valence-electron chi connectivity index (χ2n) is 12.9. The molecule has 2 aromatic heterocycles. The van der Waals surface area contributed by atoms with Gasteiger partial charge in [0, 0.05) is 43.7 Å². The summed E-state index contributed by atoms with van der Waals surface area (Å²) < 4.78 is 58.2. The van der Waals surface area contributed by atoms with E-state index in [4.69, 9.17) is 14.5 Å². The number of aliphatic hydroxyl groups is 1. The van der Waals surface area contributed by atoms with Crippen LogP contribution in [0.1, 0.15) is 31.7 Å². The molecular formula is C33H34F3N5O4. The van der Waals surface area contributed by atoms with Gasteiger partial charge >= 0.3 is 6.01 Å². The number of aromatic hydroxyl groups is 1. The van der Waals surface area contributed by atoms with Gasteiger partial charge in [-0.15, -0.1) is 0 Å². The van der Waals surface area contributed by atoms with Crippen LogP contribution in [-0.4, -0.2) is 93.4 Å².